The predicted octanol–water partition coefficient (Wildman–Crippen LogP) is 4.93. The van der Waals surface area contributed by atoms with Crippen molar-refractivity contribution in [2.45, 2.75) is 64.6 Å². The molecule has 0 unspecified atom stereocenters. The molecule has 1 saturated carbocycles. The molecule has 0 aliphatic heterocycles. The number of hydrogen-bond acceptors (Lipinski definition) is 2. The van der Waals surface area contributed by atoms with Crippen LogP contribution in [-0.4, -0.2) is 16.3 Å². The van der Waals surface area contributed by atoms with Gasteiger partial charge in [0.15, 0.2) is 0 Å². The van der Waals surface area contributed by atoms with Gasteiger partial charge in [0.05, 0.1) is 5.60 Å². The standard InChI is InChI=1S/C18H28ClNOSi/c1-17(2,3)22-21-18(4,5)15-10-14(8-9-16(15)19)12-20-11-13-6-7-13/h8-10,13,20H,6-7,11-12H2,1-5H3. The molecule has 1 aromatic carbocycles. The Labute approximate surface area is 142 Å². The SMILES string of the molecule is CC(C)(C)[Si]OC(C)(C)c1cc(CNCC2CC2)ccc1Cl. The van der Waals surface area contributed by atoms with E-state index in [1.165, 1.54) is 18.4 Å². The summed E-state index contributed by atoms with van der Waals surface area (Å²) in [7, 11) is 0.443. The molecule has 0 atom stereocenters. The minimum absolute atomic E-state index is 0.174. The van der Waals surface area contributed by atoms with Crippen LogP contribution in [0.4, 0.5) is 0 Å². The highest BCUT2D eigenvalue weighted by molar-refractivity contribution is 6.32. The molecule has 0 amide bonds. The van der Waals surface area contributed by atoms with Gasteiger partial charge >= 0.3 is 0 Å². The van der Waals surface area contributed by atoms with Gasteiger partial charge in [-0.05, 0) is 55.8 Å². The normalized spacial score (nSPS) is 16.1. The summed E-state index contributed by atoms with van der Waals surface area (Å²) in [5.74, 6) is 0.902. The van der Waals surface area contributed by atoms with Gasteiger partial charge in [-0.3, -0.25) is 0 Å². The lowest BCUT2D eigenvalue weighted by Gasteiger charge is -2.30. The molecule has 4 heteroatoms. The maximum atomic E-state index is 6.43. The van der Waals surface area contributed by atoms with Crippen molar-refractivity contribution in [1.29, 1.82) is 0 Å². The molecule has 1 aromatic rings. The molecule has 0 spiro atoms. The van der Waals surface area contributed by atoms with E-state index >= 15 is 0 Å². The van der Waals surface area contributed by atoms with E-state index in [2.05, 4.69) is 52.1 Å². The van der Waals surface area contributed by atoms with Gasteiger partial charge in [-0.25, -0.2) is 0 Å². The minimum atomic E-state index is -0.366. The van der Waals surface area contributed by atoms with Gasteiger partial charge in [-0.15, -0.1) is 0 Å². The van der Waals surface area contributed by atoms with Gasteiger partial charge in [0.2, 0.25) is 9.76 Å². The Kier molecular flexibility index (Phi) is 5.76. The third kappa shape index (κ3) is 5.69. The van der Waals surface area contributed by atoms with Gasteiger partial charge < -0.3 is 9.74 Å². The van der Waals surface area contributed by atoms with E-state index < -0.39 is 0 Å². The Morgan fingerprint density at radius 3 is 2.50 bits per heavy atom. The van der Waals surface area contributed by atoms with Crippen LogP contribution >= 0.6 is 11.6 Å². The van der Waals surface area contributed by atoms with Gasteiger partial charge in [0.25, 0.3) is 0 Å². The molecule has 0 saturated heterocycles. The summed E-state index contributed by atoms with van der Waals surface area (Å²) in [4.78, 5) is 0. The molecular weight excluding hydrogens is 310 g/mol. The van der Waals surface area contributed by atoms with Crippen LogP contribution in [0.5, 0.6) is 0 Å². The van der Waals surface area contributed by atoms with Crippen molar-refractivity contribution in [3.05, 3.63) is 34.3 Å². The van der Waals surface area contributed by atoms with Crippen LogP contribution in [0, 0.1) is 5.92 Å². The van der Waals surface area contributed by atoms with E-state index in [1.807, 2.05) is 6.07 Å². The Morgan fingerprint density at radius 1 is 1.23 bits per heavy atom. The summed E-state index contributed by atoms with van der Waals surface area (Å²) in [5, 5.41) is 4.50. The Balaban J connectivity index is 2.03. The van der Waals surface area contributed by atoms with Crippen molar-refractivity contribution in [2.75, 3.05) is 6.54 Å². The van der Waals surface area contributed by atoms with Gasteiger partial charge in [0.1, 0.15) is 0 Å². The summed E-state index contributed by atoms with van der Waals surface area (Å²) in [6.45, 7) is 12.8. The van der Waals surface area contributed by atoms with Crippen LogP contribution in [0.15, 0.2) is 18.2 Å². The highest BCUT2D eigenvalue weighted by Crippen LogP contribution is 2.34. The molecule has 2 rings (SSSR count). The van der Waals surface area contributed by atoms with Crippen LogP contribution in [0.3, 0.4) is 0 Å². The van der Waals surface area contributed by atoms with Crippen LogP contribution in [0.2, 0.25) is 10.1 Å². The third-order valence-corrected chi connectivity index (χ3v) is 5.31. The number of benzene rings is 1. The topological polar surface area (TPSA) is 21.3 Å². The number of rotatable bonds is 7. The highest BCUT2D eigenvalue weighted by atomic mass is 35.5. The van der Waals surface area contributed by atoms with Crippen LogP contribution in [0.25, 0.3) is 0 Å². The first kappa shape index (κ1) is 18.0. The second-order valence-electron chi connectivity index (χ2n) is 7.85. The molecule has 0 bridgehead atoms. The first-order valence-corrected chi connectivity index (χ1v) is 9.41. The molecule has 0 aromatic heterocycles. The summed E-state index contributed by atoms with van der Waals surface area (Å²) in [6, 6.07) is 6.29. The fraction of sp³-hybridized carbons (Fsp3) is 0.667. The molecule has 1 fully saturated rings. The summed E-state index contributed by atoms with van der Waals surface area (Å²) < 4.78 is 6.19. The number of nitrogens with one attached hydrogen (secondary N) is 1. The number of halogens is 1. The van der Waals surface area contributed by atoms with Crippen molar-refractivity contribution >= 4 is 21.4 Å². The molecule has 22 heavy (non-hydrogen) atoms. The van der Waals surface area contributed by atoms with Crippen molar-refractivity contribution in [3.8, 4) is 0 Å². The van der Waals surface area contributed by atoms with Crippen LogP contribution < -0.4 is 5.32 Å². The third-order valence-electron chi connectivity index (χ3n) is 3.75. The second-order valence-corrected chi connectivity index (χ2v) is 10.2. The van der Waals surface area contributed by atoms with Gasteiger partial charge in [-0.1, -0.05) is 44.5 Å². The van der Waals surface area contributed by atoms with E-state index in [0.29, 0.717) is 9.76 Å². The zero-order chi connectivity index (χ0) is 16.4. The van der Waals surface area contributed by atoms with E-state index in [0.717, 1.165) is 29.6 Å². The second kappa shape index (κ2) is 7.04. The molecule has 0 heterocycles. The number of hydrogen-bond donors (Lipinski definition) is 1. The average molecular weight is 338 g/mol. The molecule has 1 aliphatic rings. The average Bonchev–Trinajstić information content (AvgIpc) is 3.22. The van der Waals surface area contributed by atoms with E-state index in [1.54, 1.807) is 0 Å². The molecule has 2 radical (unpaired) electrons. The Morgan fingerprint density at radius 2 is 1.91 bits per heavy atom. The lowest BCUT2D eigenvalue weighted by atomic mass is 9.96. The zero-order valence-electron chi connectivity index (χ0n) is 14.4. The first-order chi connectivity index (χ1) is 10.2. The molecule has 122 valence electrons. The van der Waals surface area contributed by atoms with Gasteiger partial charge in [0, 0.05) is 17.1 Å². The van der Waals surface area contributed by atoms with Crippen molar-refractivity contribution in [1.82, 2.24) is 5.32 Å². The Hall–Kier alpha value is -0.353. The van der Waals surface area contributed by atoms with Gasteiger partial charge in [-0.2, -0.15) is 0 Å². The lowest BCUT2D eigenvalue weighted by molar-refractivity contribution is 0.109. The maximum absolute atomic E-state index is 6.43. The van der Waals surface area contributed by atoms with Crippen molar-refractivity contribution < 1.29 is 4.43 Å². The predicted molar refractivity (Wildman–Crippen MR) is 95.5 cm³/mol. The first-order valence-electron chi connectivity index (χ1n) is 8.12. The molecule has 2 nitrogen and oxygen atoms in total. The summed E-state index contributed by atoms with van der Waals surface area (Å²) >= 11 is 6.43. The largest absolute Gasteiger partial charge is 0.408 e. The lowest BCUT2D eigenvalue weighted by Crippen LogP contribution is -2.28. The quantitative estimate of drug-likeness (QED) is 0.712. The summed E-state index contributed by atoms with van der Waals surface area (Å²) in [5.41, 5.74) is 1.99. The monoisotopic (exact) mass is 337 g/mol. The Bertz CT molecular complexity index is 506. The van der Waals surface area contributed by atoms with Crippen molar-refractivity contribution in [2.24, 2.45) is 5.92 Å². The van der Waals surface area contributed by atoms with Crippen LogP contribution in [0.1, 0.15) is 58.6 Å². The molecule has 1 aliphatic carbocycles. The van der Waals surface area contributed by atoms with E-state index in [-0.39, 0.29) is 10.6 Å². The molecule has 1 N–H and O–H groups in total. The van der Waals surface area contributed by atoms with Crippen molar-refractivity contribution in [3.63, 3.8) is 0 Å². The smallest absolute Gasteiger partial charge is 0.236 e. The highest BCUT2D eigenvalue weighted by Gasteiger charge is 2.27. The molecular formula is C18H28ClNOSi. The maximum Gasteiger partial charge on any atom is 0.236 e. The fourth-order valence-electron chi connectivity index (χ4n) is 2.22. The fourth-order valence-corrected chi connectivity index (χ4v) is 3.24. The van der Waals surface area contributed by atoms with E-state index in [4.69, 9.17) is 16.0 Å². The van der Waals surface area contributed by atoms with Crippen LogP contribution in [-0.2, 0) is 16.6 Å². The summed E-state index contributed by atoms with van der Waals surface area (Å²) in [6.07, 6.45) is 2.76. The zero-order valence-corrected chi connectivity index (χ0v) is 16.2. The van der Waals surface area contributed by atoms with E-state index in [9.17, 15) is 0 Å². The minimum Gasteiger partial charge on any atom is -0.408 e.